The molecule has 3 atom stereocenters. The molecule has 2 aliphatic rings. The Morgan fingerprint density at radius 2 is 1.76 bits per heavy atom. The first-order valence-corrected chi connectivity index (χ1v) is 12.3. The minimum Gasteiger partial charge on any atom is -0.359 e. The summed E-state index contributed by atoms with van der Waals surface area (Å²) in [4.78, 5) is 22.0. The number of rotatable bonds is 7. The van der Waals surface area contributed by atoms with Crippen LogP contribution < -0.4 is 10.4 Å². The number of carbonyl (C=O) groups is 1. The average Bonchev–Trinajstić information content (AvgIpc) is 3.60. The van der Waals surface area contributed by atoms with E-state index in [1.807, 2.05) is 5.48 Å². The Bertz CT molecular complexity index is 1150. The summed E-state index contributed by atoms with van der Waals surface area (Å²) in [7, 11) is -4.62. The number of hydroxylamine groups is 1. The monoisotopic (exact) mass is 521 g/mol. The fourth-order valence-corrected chi connectivity index (χ4v) is 6.29. The number of benzene rings is 1. The Kier molecular flexibility index (Phi) is 6.51. The summed E-state index contributed by atoms with van der Waals surface area (Å²) >= 11 is 6.34. The van der Waals surface area contributed by atoms with Gasteiger partial charge in [0.25, 0.3) is 5.91 Å². The maximum atomic E-state index is 16.5. The number of anilines is 1. The van der Waals surface area contributed by atoms with Crippen molar-refractivity contribution in [3.05, 3.63) is 59.9 Å². The molecule has 1 saturated carbocycles. The van der Waals surface area contributed by atoms with Crippen molar-refractivity contribution in [2.24, 2.45) is 0 Å². The van der Waals surface area contributed by atoms with Gasteiger partial charge in [0.15, 0.2) is 0 Å². The third kappa shape index (κ3) is 4.58. The van der Waals surface area contributed by atoms with Gasteiger partial charge in [-0.25, -0.2) is 23.7 Å². The molecule has 2 fully saturated rings. The number of pyridine rings is 1. The van der Waals surface area contributed by atoms with Gasteiger partial charge in [0, 0.05) is 12.1 Å². The number of nitrogens with zero attached hydrogens (tertiary/aromatic N) is 2. The van der Waals surface area contributed by atoms with Gasteiger partial charge in [-0.2, -0.15) is 17.6 Å². The molecule has 1 aliphatic carbocycles. The van der Waals surface area contributed by atoms with E-state index in [0.717, 1.165) is 12.3 Å². The Morgan fingerprint density at radius 1 is 1.09 bits per heavy atom. The van der Waals surface area contributed by atoms with Gasteiger partial charge in [0.05, 0.1) is 22.5 Å². The minimum absolute atomic E-state index is 0.0344. The van der Waals surface area contributed by atoms with Crippen molar-refractivity contribution in [1.82, 2.24) is 10.5 Å². The summed E-state index contributed by atoms with van der Waals surface area (Å²) in [6.07, 6.45) is -3.26. The Hall–Kier alpha value is -2.44. The third-order valence-corrected chi connectivity index (χ3v) is 8.62. The molecule has 0 spiro atoms. The zero-order chi connectivity index (χ0) is 24.7. The summed E-state index contributed by atoms with van der Waals surface area (Å²) < 4.78 is 81.5. The summed E-state index contributed by atoms with van der Waals surface area (Å²) in [5.74, 6) is -0.875. The zero-order valence-corrected chi connectivity index (χ0v) is 19.1. The Morgan fingerprint density at radius 3 is 2.32 bits per heavy atom. The molecule has 0 radical (unpaired) electrons. The topological polar surface area (TPSA) is 88.6 Å². The van der Waals surface area contributed by atoms with Gasteiger partial charge in [-0.05, 0) is 43.5 Å². The molecule has 1 aromatic heterocycles. The molecular formula is C21H20ClF4N3O4S. The first kappa shape index (κ1) is 24.7. The van der Waals surface area contributed by atoms with E-state index in [9.17, 15) is 26.4 Å². The third-order valence-electron chi connectivity index (χ3n) is 5.72. The number of hydrogen-bond donors (Lipinski definition) is 1. The van der Waals surface area contributed by atoms with Gasteiger partial charge in [0.2, 0.25) is 9.84 Å². The molecule has 0 bridgehead atoms. The van der Waals surface area contributed by atoms with Crippen LogP contribution in [-0.2, 0) is 20.9 Å². The first-order chi connectivity index (χ1) is 15.9. The number of carbonyl (C=O) groups excluding carboxylic acids is 1. The molecule has 2 heterocycles. The largest absolute Gasteiger partial charge is 0.433 e. The maximum Gasteiger partial charge on any atom is 0.433 e. The highest BCUT2D eigenvalue weighted by atomic mass is 35.5. The van der Waals surface area contributed by atoms with Crippen molar-refractivity contribution >= 4 is 33.0 Å². The predicted octanol–water partition coefficient (Wildman–Crippen LogP) is 3.85. The van der Waals surface area contributed by atoms with Gasteiger partial charge in [-0.1, -0.05) is 18.2 Å². The van der Waals surface area contributed by atoms with Crippen LogP contribution in [0.1, 0.15) is 35.3 Å². The lowest BCUT2D eigenvalue weighted by molar-refractivity contribution is -0.141. The highest BCUT2D eigenvalue weighted by Crippen LogP contribution is 2.46. The molecule has 0 unspecified atom stereocenters. The van der Waals surface area contributed by atoms with E-state index < -0.39 is 49.5 Å². The molecule has 4 rings (SSSR count). The number of nitrogens with one attached hydrogen (secondary N) is 1. The standard InChI is InChI=1S/C21H20ClF4N3O4S/c22-16-10-11-29(14-6-9-17(27-12-14)20(23,24)25)18(16)21(26,34(31,32)15-7-8-15)33-28-19(30)13-4-2-1-3-5-13/h1-6,9,12,15-16,18H,7-8,10-11H2,(H,28,30)/t16-,18+,21+/m1/s1. The van der Waals surface area contributed by atoms with Crippen LogP contribution in [0.2, 0.25) is 0 Å². The molecule has 1 N–H and O–H groups in total. The van der Waals surface area contributed by atoms with Crippen molar-refractivity contribution in [2.45, 2.75) is 47.3 Å². The lowest BCUT2D eigenvalue weighted by Crippen LogP contribution is -2.60. The SMILES string of the molecule is O=C(NO[C@@](F)([C@@H]1[C@H](Cl)CCN1c1ccc(C(F)(F)F)nc1)S(=O)(=O)C1CC1)c1ccccc1. The highest BCUT2D eigenvalue weighted by molar-refractivity contribution is 7.93. The van der Waals surface area contributed by atoms with Crippen LogP contribution in [0.15, 0.2) is 48.7 Å². The van der Waals surface area contributed by atoms with E-state index >= 15 is 4.39 Å². The smallest absolute Gasteiger partial charge is 0.359 e. The molecule has 34 heavy (non-hydrogen) atoms. The van der Waals surface area contributed by atoms with E-state index in [0.29, 0.717) is 6.07 Å². The number of aromatic nitrogens is 1. The molecule has 1 aromatic carbocycles. The van der Waals surface area contributed by atoms with Crippen LogP contribution in [0.4, 0.5) is 23.2 Å². The molecule has 1 saturated heterocycles. The molecule has 1 amide bonds. The van der Waals surface area contributed by atoms with Crippen molar-refractivity contribution in [3.8, 4) is 0 Å². The number of alkyl halides is 5. The van der Waals surface area contributed by atoms with Gasteiger partial charge in [0.1, 0.15) is 11.7 Å². The Labute approximate surface area is 197 Å². The van der Waals surface area contributed by atoms with Crippen LogP contribution in [0.25, 0.3) is 0 Å². The number of amides is 1. The van der Waals surface area contributed by atoms with E-state index in [2.05, 4.69) is 4.98 Å². The summed E-state index contributed by atoms with van der Waals surface area (Å²) in [6.45, 7) is 0.0354. The molecule has 1 aliphatic heterocycles. The highest BCUT2D eigenvalue weighted by Gasteiger charge is 2.64. The van der Waals surface area contributed by atoms with Crippen molar-refractivity contribution in [1.29, 1.82) is 0 Å². The van der Waals surface area contributed by atoms with Crippen LogP contribution in [0.5, 0.6) is 0 Å². The van der Waals surface area contributed by atoms with Crippen LogP contribution >= 0.6 is 11.6 Å². The summed E-state index contributed by atoms with van der Waals surface area (Å²) in [6, 6.07) is 7.73. The second-order valence-corrected chi connectivity index (χ2v) is 10.9. The lowest BCUT2D eigenvalue weighted by atomic mass is 10.2. The molecule has 184 valence electrons. The Balaban J connectivity index is 1.67. The quantitative estimate of drug-likeness (QED) is 0.338. The lowest BCUT2D eigenvalue weighted by Gasteiger charge is -2.37. The normalized spacial score (nSPS) is 22.9. The minimum atomic E-state index is -4.68. The summed E-state index contributed by atoms with van der Waals surface area (Å²) in [5, 5.41) is -5.58. The van der Waals surface area contributed by atoms with Gasteiger partial charge in [-0.15, -0.1) is 11.6 Å². The van der Waals surface area contributed by atoms with Crippen LogP contribution in [0.3, 0.4) is 0 Å². The maximum absolute atomic E-state index is 16.5. The van der Waals surface area contributed by atoms with Crippen LogP contribution in [0, 0.1) is 0 Å². The number of sulfone groups is 1. The van der Waals surface area contributed by atoms with Crippen molar-refractivity contribution in [3.63, 3.8) is 0 Å². The van der Waals surface area contributed by atoms with Crippen LogP contribution in [-0.4, -0.2) is 47.7 Å². The first-order valence-electron chi connectivity index (χ1n) is 10.3. The zero-order valence-electron chi connectivity index (χ0n) is 17.5. The number of hydrogen-bond acceptors (Lipinski definition) is 6. The molecule has 7 nitrogen and oxygen atoms in total. The van der Waals surface area contributed by atoms with Gasteiger partial charge in [-0.3, -0.25) is 4.79 Å². The fourth-order valence-electron chi connectivity index (χ4n) is 3.83. The average molecular weight is 522 g/mol. The predicted molar refractivity (Wildman–Crippen MR) is 115 cm³/mol. The van der Waals surface area contributed by atoms with Gasteiger partial charge >= 0.3 is 11.4 Å². The van der Waals surface area contributed by atoms with Gasteiger partial charge < -0.3 is 4.90 Å². The van der Waals surface area contributed by atoms with E-state index in [1.165, 1.54) is 17.0 Å². The number of halogens is 5. The molecule has 2 aromatic rings. The molecule has 13 heteroatoms. The van der Waals surface area contributed by atoms with E-state index in [-0.39, 0.29) is 37.1 Å². The van der Waals surface area contributed by atoms with E-state index in [4.69, 9.17) is 16.4 Å². The van der Waals surface area contributed by atoms with Crippen molar-refractivity contribution in [2.75, 3.05) is 11.4 Å². The molecular weight excluding hydrogens is 502 g/mol. The van der Waals surface area contributed by atoms with E-state index in [1.54, 1.807) is 18.2 Å². The second kappa shape index (κ2) is 8.97. The van der Waals surface area contributed by atoms with Crippen molar-refractivity contribution < 1.29 is 35.6 Å². The summed E-state index contributed by atoms with van der Waals surface area (Å²) in [5.41, 5.74) is 0.867. The second-order valence-electron chi connectivity index (χ2n) is 8.07. The fraction of sp³-hybridized carbons (Fsp3) is 0.429.